The second-order valence-corrected chi connectivity index (χ2v) is 6.64. The van der Waals surface area contributed by atoms with Crippen molar-refractivity contribution in [2.24, 2.45) is 5.92 Å². The number of nitrogens with one attached hydrogen (secondary N) is 1. The molecule has 0 amide bonds. The molecule has 2 rings (SSSR count). The summed E-state index contributed by atoms with van der Waals surface area (Å²) < 4.78 is 27.2. The van der Waals surface area contributed by atoms with E-state index in [1.54, 1.807) is 6.07 Å². The van der Waals surface area contributed by atoms with Gasteiger partial charge in [-0.25, -0.2) is 23.2 Å². The van der Waals surface area contributed by atoms with Crippen LogP contribution < -0.4 is 5.32 Å². The topological polar surface area (TPSA) is 98.2 Å². The van der Waals surface area contributed by atoms with Crippen LogP contribution >= 0.6 is 0 Å². The molecule has 0 aromatic carbocycles. The molecule has 1 fully saturated rings. The van der Waals surface area contributed by atoms with E-state index in [4.69, 9.17) is 0 Å². The predicted molar refractivity (Wildman–Crippen MR) is 68.6 cm³/mol. The second kappa shape index (κ2) is 5.52. The van der Waals surface area contributed by atoms with E-state index in [0.717, 1.165) is 0 Å². The van der Waals surface area contributed by atoms with Crippen LogP contribution in [0.5, 0.6) is 0 Å². The van der Waals surface area contributed by atoms with Crippen LogP contribution in [-0.2, 0) is 14.6 Å². The molecule has 0 bridgehead atoms. The molecule has 8 heteroatoms. The van der Waals surface area contributed by atoms with E-state index in [1.165, 1.54) is 13.3 Å². The lowest BCUT2D eigenvalue weighted by molar-refractivity contribution is 0.0587. The zero-order valence-electron chi connectivity index (χ0n) is 10.5. The van der Waals surface area contributed by atoms with Gasteiger partial charge in [-0.15, -0.1) is 0 Å². The molecule has 2 heterocycles. The number of carbonyl (C=O) groups excluding carboxylic acids is 1. The number of nitrogens with zero attached hydrogens (tertiary/aromatic N) is 2. The number of ether oxygens (including phenoxy) is 1. The third-order valence-electron chi connectivity index (χ3n) is 2.92. The molecule has 1 N–H and O–H groups in total. The van der Waals surface area contributed by atoms with Crippen LogP contribution in [0, 0.1) is 5.92 Å². The monoisotopic (exact) mass is 285 g/mol. The molecule has 0 saturated carbocycles. The Balaban J connectivity index is 1.95. The number of anilines is 1. The highest BCUT2D eigenvalue weighted by atomic mass is 32.2. The molecule has 1 unspecified atom stereocenters. The van der Waals surface area contributed by atoms with E-state index < -0.39 is 15.8 Å². The van der Waals surface area contributed by atoms with Gasteiger partial charge in [0.15, 0.2) is 9.84 Å². The molecule has 1 aliphatic heterocycles. The van der Waals surface area contributed by atoms with Gasteiger partial charge in [0.25, 0.3) is 0 Å². The van der Waals surface area contributed by atoms with Crippen molar-refractivity contribution in [3.8, 4) is 0 Å². The van der Waals surface area contributed by atoms with Crippen molar-refractivity contribution >= 4 is 21.6 Å². The molecule has 1 aromatic rings. The molecule has 104 valence electrons. The summed E-state index contributed by atoms with van der Waals surface area (Å²) >= 11 is 0. The highest BCUT2D eigenvalue weighted by Crippen LogP contribution is 2.18. The van der Waals surface area contributed by atoms with E-state index in [2.05, 4.69) is 20.0 Å². The van der Waals surface area contributed by atoms with E-state index in [0.29, 0.717) is 18.8 Å². The number of aromatic nitrogens is 2. The largest absolute Gasteiger partial charge is 0.463 e. The minimum atomic E-state index is -2.87. The molecular weight excluding hydrogens is 270 g/mol. The first-order chi connectivity index (χ1) is 9.00. The van der Waals surface area contributed by atoms with Gasteiger partial charge in [0, 0.05) is 12.7 Å². The Hall–Kier alpha value is -1.70. The van der Waals surface area contributed by atoms with Crippen molar-refractivity contribution in [1.82, 2.24) is 9.97 Å². The molecule has 1 aromatic heterocycles. The lowest BCUT2D eigenvalue weighted by Crippen LogP contribution is -2.17. The summed E-state index contributed by atoms with van der Waals surface area (Å²) in [4.78, 5) is 19.0. The number of esters is 1. The first kappa shape index (κ1) is 13.7. The van der Waals surface area contributed by atoms with Crippen LogP contribution in [0.25, 0.3) is 0 Å². The van der Waals surface area contributed by atoms with Crippen LogP contribution in [0.4, 0.5) is 5.82 Å². The third-order valence-corrected chi connectivity index (χ3v) is 4.76. The first-order valence-electron chi connectivity index (χ1n) is 5.86. The highest BCUT2D eigenvalue weighted by molar-refractivity contribution is 7.91. The van der Waals surface area contributed by atoms with Gasteiger partial charge in [-0.05, 0) is 18.4 Å². The van der Waals surface area contributed by atoms with Crippen molar-refractivity contribution in [1.29, 1.82) is 0 Å². The van der Waals surface area contributed by atoms with E-state index in [-0.39, 0.29) is 23.2 Å². The minimum absolute atomic E-state index is 0.0217. The Labute approximate surface area is 111 Å². The fraction of sp³-hybridized carbons (Fsp3) is 0.545. The summed E-state index contributed by atoms with van der Waals surface area (Å²) in [6, 6.07) is 1.62. The van der Waals surface area contributed by atoms with Crippen LogP contribution in [0.2, 0.25) is 0 Å². The Morgan fingerprint density at radius 1 is 1.58 bits per heavy atom. The fourth-order valence-electron chi connectivity index (χ4n) is 1.93. The van der Waals surface area contributed by atoms with Crippen LogP contribution in [0.1, 0.15) is 17.0 Å². The maximum atomic E-state index is 11.3. The SMILES string of the molecule is COC(=O)c1nccc(NCC2CCS(=O)(=O)C2)n1. The summed E-state index contributed by atoms with van der Waals surface area (Å²) in [5, 5.41) is 3.02. The summed E-state index contributed by atoms with van der Waals surface area (Å²) in [6.45, 7) is 0.511. The van der Waals surface area contributed by atoms with Gasteiger partial charge in [0.05, 0.1) is 18.6 Å². The quantitative estimate of drug-likeness (QED) is 0.784. The summed E-state index contributed by atoms with van der Waals surface area (Å²) in [5.41, 5.74) is 0. The number of hydrogen-bond donors (Lipinski definition) is 1. The predicted octanol–water partition coefficient (Wildman–Crippen LogP) is 0.110. The van der Waals surface area contributed by atoms with E-state index >= 15 is 0 Å². The molecule has 19 heavy (non-hydrogen) atoms. The van der Waals surface area contributed by atoms with Crippen molar-refractivity contribution in [2.75, 3.05) is 30.5 Å². The zero-order valence-corrected chi connectivity index (χ0v) is 11.3. The lowest BCUT2D eigenvalue weighted by Gasteiger charge is -2.10. The van der Waals surface area contributed by atoms with E-state index in [9.17, 15) is 13.2 Å². The fourth-order valence-corrected chi connectivity index (χ4v) is 3.79. The zero-order chi connectivity index (χ0) is 13.9. The standard InChI is InChI=1S/C11H15N3O4S/c1-18-11(15)10-12-4-2-9(14-10)13-6-8-3-5-19(16,17)7-8/h2,4,8H,3,5-7H2,1H3,(H,12,13,14). The number of methoxy groups -OCH3 is 1. The Kier molecular flexibility index (Phi) is 3.98. The van der Waals surface area contributed by atoms with Gasteiger partial charge in [-0.3, -0.25) is 0 Å². The molecule has 1 saturated heterocycles. The second-order valence-electron chi connectivity index (χ2n) is 4.41. The van der Waals surface area contributed by atoms with Crippen LogP contribution in [0.15, 0.2) is 12.3 Å². The Morgan fingerprint density at radius 3 is 3.00 bits per heavy atom. The molecule has 0 spiro atoms. The van der Waals surface area contributed by atoms with Crippen molar-refractivity contribution in [2.45, 2.75) is 6.42 Å². The molecular formula is C11H15N3O4S. The molecule has 0 aliphatic carbocycles. The van der Waals surface area contributed by atoms with E-state index in [1.807, 2.05) is 0 Å². The van der Waals surface area contributed by atoms with Gasteiger partial charge >= 0.3 is 5.97 Å². The molecule has 1 aliphatic rings. The van der Waals surface area contributed by atoms with Crippen molar-refractivity contribution in [3.63, 3.8) is 0 Å². The summed E-state index contributed by atoms with van der Waals surface area (Å²) in [5.74, 6) is 0.394. The smallest absolute Gasteiger partial charge is 0.376 e. The normalized spacial score (nSPS) is 21.0. The van der Waals surface area contributed by atoms with Gasteiger partial charge in [-0.1, -0.05) is 0 Å². The van der Waals surface area contributed by atoms with Crippen LogP contribution in [-0.4, -0.2) is 49.5 Å². The maximum absolute atomic E-state index is 11.3. The molecule has 7 nitrogen and oxygen atoms in total. The minimum Gasteiger partial charge on any atom is -0.463 e. The summed E-state index contributed by atoms with van der Waals surface area (Å²) in [6.07, 6.45) is 2.11. The Morgan fingerprint density at radius 2 is 2.37 bits per heavy atom. The number of sulfone groups is 1. The number of rotatable bonds is 4. The number of hydrogen-bond acceptors (Lipinski definition) is 7. The third kappa shape index (κ3) is 3.63. The van der Waals surface area contributed by atoms with Crippen molar-refractivity contribution < 1.29 is 17.9 Å². The van der Waals surface area contributed by atoms with Crippen LogP contribution in [0.3, 0.4) is 0 Å². The molecule has 0 radical (unpaired) electrons. The van der Waals surface area contributed by atoms with Gasteiger partial charge in [0.1, 0.15) is 5.82 Å². The Bertz CT molecular complexity index is 573. The van der Waals surface area contributed by atoms with Gasteiger partial charge in [0.2, 0.25) is 5.82 Å². The molecule has 1 atom stereocenters. The maximum Gasteiger partial charge on any atom is 0.376 e. The lowest BCUT2D eigenvalue weighted by atomic mass is 10.1. The van der Waals surface area contributed by atoms with Gasteiger partial charge in [-0.2, -0.15) is 0 Å². The average molecular weight is 285 g/mol. The highest BCUT2D eigenvalue weighted by Gasteiger charge is 2.27. The van der Waals surface area contributed by atoms with Gasteiger partial charge < -0.3 is 10.1 Å². The number of carbonyl (C=O) groups is 1. The van der Waals surface area contributed by atoms with Crippen molar-refractivity contribution in [3.05, 3.63) is 18.1 Å². The average Bonchev–Trinajstić information content (AvgIpc) is 2.75. The first-order valence-corrected chi connectivity index (χ1v) is 7.68. The summed E-state index contributed by atoms with van der Waals surface area (Å²) in [7, 11) is -1.61.